The van der Waals surface area contributed by atoms with Crippen LogP contribution in [0.2, 0.25) is 0 Å². The van der Waals surface area contributed by atoms with Crippen LogP contribution in [-0.2, 0) is 9.47 Å². The fraction of sp³-hybridized carbons (Fsp3) is 0.385. The number of methoxy groups -OCH3 is 1. The zero-order chi connectivity index (χ0) is 24.6. The van der Waals surface area contributed by atoms with Gasteiger partial charge in [0.2, 0.25) is 0 Å². The Labute approximate surface area is 207 Å². The minimum absolute atomic E-state index is 0.0665. The number of rotatable bonds is 7. The van der Waals surface area contributed by atoms with Gasteiger partial charge in [0.05, 0.1) is 55.8 Å². The summed E-state index contributed by atoms with van der Waals surface area (Å²) in [7, 11) is 1.41. The number of H-pyrrole nitrogens is 1. The molecule has 3 N–H and O–H groups in total. The highest BCUT2D eigenvalue weighted by Crippen LogP contribution is 2.48. The monoisotopic (exact) mass is 494 g/mol. The fourth-order valence-corrected chi connectivity index (χ4v) is 5.09. The van der Waals surface area contributed by atoms with Crippen LogP contribution >= 0.6 is 0 Å². The quantitative estimate of drug-likeness (QED) is 0.459. The SMILES string of the molecule is COc1c(F)cccc1Nc1c(-c2ccncc2OC[C@H]2COCCO2)[nH]c2c1C(=O)N[C@@H]1CC[C@H]21. The fourth-order valence-electron chi connectivity index (χ4n) is 5.09. The van der Waals surface area contributed by atoms with E-state index in [1.165, 1.54) is 13.2 Å². The van der Waals surface area contributed by atoms with Gasteiger partial charge in [-0.3, -0.25) is 9.78 Å². The van der Waals surface area contributed by atoms with Crippen molar-refractivity contribution in [2.75, 3.05) is 38.9 Å². The van der Waals surface area contributed by atoms with E-state index in [1.807, 2.05) is 6.07 Å². The second kappa shape index (κ2) is 9.44. The number of anilines is 2. The summed E-state index contributed by atoms with van der Waals surface area (Å²) in [4.78, 5) is 21.0. The molecule has 2 aliphatic heterocycles. The number of nitrogens with zero attached hydrogens (tertiary/aromatic N) is 1. The molecule has 1 aliphatic carbocycles. The predicted molar refractivity (Wildman–Crippen MR) is 130 cm³/mol. The number of carbonyl (C=O) groups excluding carboxylic acids is 1. The molecule has 10 heteroatoms. The van der Waals surface area contributed by atoms with Gasteiger partial charge < -0.3 is 34.6 Å². The minimum atomic E-state index is -0.500. The zero-order valence-corrected chi connectivity index (χ0v) is 19.8. The molecule has 1 aromatic carbocycles. The molecule has 0 unspecified atom stereocenters. The molecule has 0 bridgehead atoms. The number of fused-ring (bicyclic) bond motifs is 3. The molecule has 3 aromatic rings. The van der Waals surface area contributed by atoms with Crippen molar-refractivity contribution < 1.29 is 28.1 Å². The number of hydrogen-bond donors (Lipinski definition) is 3. The Morgan fingerprint density at radius 1 is 1.25 bits per heavy atom. The maximum absolute atomic E-state index is 14.5. The molecule has 2 aromatic heterocycles. The standard InChI is InChI=1S/C26H27FN4O5/c1-33-25-17(27)3-2-4-19(25)29-24-21-22(15-5-6-18(15)30-26(21)32)31-23(24)16-7-8-28-11-20(16)36-13-14-12-34-9-10-35-14/h2-4,7-8,11,14-15,18,29,31H,5-6,9-10,12-13H2,1H3,(H,30,32)/t14-,15+,18-/m1/s1. The van der Waals surface area contributed by atoms with Gasteiger partial charge in [-0.05, 0) is 31.0 Å². The highest BCUT2D eigenvalue weighted by Gasteiger charge is 2.43. The third-order valence-corrected chi connectivity index (χ3v) is 7.01. The molecular formula is C26H27FN4O5. The van der Waals surface area contributed by atoms with E-state index in [-0.39, 0.29) is 29.7 Å². The van der Waals surface area contributed by atoms with Crippen LogP contribution in [0.5, 0.6) is 11.5 Å². The number of para-hydroxylation sites is 1. The molecule has 188 valence electrons. The van der Waals surface area contributed by atoms with Crippen molar-refractivity contribution in [2.45, 2.75) is 30.9 Å². The molecule has 1 saturated carbocycles. The highest BCUT2D eigenvalue weighted by atomic mass is 19.1. The molecule has 4 heterocycles. The van der Waals surface area contributed by atoms with Crippen LogP contribution in [0.15, 0.2) is 36.7 Å². The van der Waals surface area contributed by atoms with Crippen LogP contribution in [0.25, 0.3) is 11.3 Å². The first-order chi connectivity index (χ1) is 17.6. The van der Waals surface area contributed by atoms with E-state index in [9.17, 15) is 9.18 Å². The summed E-state index contributed by atoms with van der Waals surface area (Å²) in [5.74, 6) is 0.123. The zero-order valence-electron chi connectivity index (χ0n) is 19.8. The summed E-state index contributed by atoms with van der Waals surface area (Å²) in [5.41, 5.74) is 3.71. The third kappa shape index (κ3) is 3.96. The summed E-state index contributed by atoms with van der Waals surface area (Å²) >= 11 is 0. The average Bonchev–Trinajstić information content (AvgIpc) is 3.24. The molecular weight excluding hydrogens is 467 g/mol. The lowest BCUT2D eigenvalue weighted by molar-refractivity contribution is -0.101. The lowest BCUT2D eigenvalue weighted by atomic mass is 9.74. The first-order valence-corrected chi connectivity index (χ1v) is 12.1. The van der Waals surface area contributed by atoms with Crippen molar-refractivity contribution in [1.29, 1.82) is 0 Å². The van der Waals surface area contributed by atoms with Crippen LogP contribution < -0.4 is 20.1 Å². The highest BCUT2D eigenvalue weighted by molar-refractivity contribution is 6.07. The summed E-state index contributed by atoms with van der Waals surface area (Å²) in [5, 5.41) is 6.39. The van der Waals surface area contributed by atoms with Crippen LogP contribution in [0.4, 0.5) is 15.8 Å². The lowest BCUT2D eigenvalue weighted by Gasteiger charge is -2.40. The van der Waals surface area contributed by atoms with E-state index in [0.29, 0.717) is 54.8 Å². The molecule has 2 fully saturated rings. The van der Waals surface area contributed by atoms with E-state index in [2.05, 4.69) is 20.6 Å². The average molecular weight is 495 g/mol. The smallest absolute Gasteiger partial charge is 0.255 e. The van der Waals surface area contributed by atoms with E-state index in [0.717, 1.165) is 24.1 Å². The Morgan fingerprint density at radius 3 is 2.94 bits per heavy atom. The van der Waals surface area contributed by atoms with Crippen LogP contribution in [0.3, 0.4) is 0 Å². The summed E-state index contributed by atoms with van der Waals surface area (Å²) in [6.07, 6.45) is 5.04. The van der Waals surface area contributed by atoms with Crippen LogP contribution in [0, 0.1) is 5.82 Å². The Morgan fingerprint density at radius 2 is 2.17 bits per heavy atom. The van der Waals surface area contributed by atoms with Gasteiger partial charge >= 0.3 is 0 Å². The van der Waals surface area contributed by atoms with Gasteiger partial charge in [-0.2, -0.15) is 0 Å². The second-order valence-corrected chi connectivity index (χ2v) is 9.12. The van der Waals surface area contributed by atoms with Crippen LogP contribution in [-0.4, -0.2) is 61.6 Å². The molecule has 0 spiro atoms. The molecule has 6 rings (SSSR count). The van der Waals surface area contributed by atoms with E-state index in [4.69, 9.17) is 18.9 Å². The number of benzene rings is 1. The molecule has 1 amide bonds. The first-order valence-electron chi connectivity index (χ1n) is 12.1. The molecule has 36 heavy (non-hydrogen) atoms. The van der Waals surface area contributed by atoms with Gasteiger partial charge in [-0.1, -0.05) is 6.07 Å². The number of amides is 1. The largest absolute Gasteiger partial charge is 0.492 e. The van der Waals surface area contributed by atoms with Gasteiger partial charge in [-0.25, -0.2) is 4.39 Å². The van der Waals surface area contributed by atoms with Crippen molar-refractivity contribution in [2.24, 2.45) is 0 Å². The number of carbonyl (C=O) groups is 1. The summed E-state index contributed by atoms with van der Waals surface area (Å²) < 4.78 is 37.1. The van der Waals surface area contributed by atoms with E-state index >= 15 is 0 Å². The predicted octanol–water partition coefficient (Wildman–Crippen LogP) is 3.75. The van der Waals surface area contributed by atoms with Crippen molar-refractivity contribution in [3.63, 3.8) is 0 Å². The van der Waals surface area contributed by atoms with Crippen molar-refractivity contribution in [1.82, 2.24) is 15.3 Å². The Hall–Kier alpha value is -3.63. The number of nitrogens with one attached hydrogen (secondary N) is 3. The van der Waals surface area contributed by atoms with E-state index < -0.39 is 5.82 Å². The van der Waals surface area contributed by atoms with Gasteiger partial charge in [-0.15, -0.1) is 0 Å². The van der Waals surface area contributed by atoms with Gasteiger partial charge in [0, 0.05) is 29.4 Å². The molecule has 0 radical (unpaired) electrons. The number of halogens is 1. The third-order valence-electron chi connectivity index (χ3n) is 7.01. The normalized spacial score (nSPS) is 22.6. The second-order valence-electron chi connectivity index (χ2n) is 9.12. The molecule has 3 atom stereocenters. The van der Waals surface area contributed by atoms with Gasteiger partial charge in [0.15, 0.2) is 11.6 Å². The summed E-state index contributed by atoms with van der Waals surface area (Å²) in [6, 6.07) is 6.57. The maximum Gasteiger partial charge on any atom is 0.255 e. The number of aromatic amines is 1. The molecule has 9 nitrogen and oxygen atoms in total. The number of pyridine rings is 1. The lowest BCUT2D eigenvalue weighted by Crippen LogP contribution is -2.49. The van der Waals surface area contributed by atoms with Crippen molar-refractivity contribution in [3.05, 3.63) is 53.7 Å². The number of ether oxygens (including phenoxy) is 4. The molecule has 3 aliphatic rings. The van der Waals surface area contributed by atoms with Gasteiger partial charge in [0.25, 0.3) is 5.91 Å². The topological polar surface area (TPSA) is 107 Å². The maximum atomic E-state index is 14.5. The first kappa shape index (κ1) is 22.8. The Kier molecular flexibility index (Phi) is 5.98. The van der Waals surface area contributed by atoms with Crippen LogP contribution in [0.1, 0.15) is 34.8 Å². The van der Waals surface area contributed by atoms with Crippen molar-refractivity contribution >= 4 is 17.3 Å². The number of aromatic nitrogens is 2. The Bertz CT molecular complexity index is 1290. The van der Waals surface area contributed by atoms with E-state index in [1.54, 1.807) is 24.5 Å². The minimum Gasteiger partial charge on any atom is -0.492 e. The Balaban J connectivity index is 1.43. The van der Waals surface area contributed by atoms with Crippen molar-refractivity contribution in [3.8, 4) is 22.8 Å². The summed E-state index contributed by atoms with van der Waals surface area (Å²) in [6.45, 7) is 1.86. The van der Waals surface area contributed by atoms with Gasteiger partial charge in [0.1, 0.15) is 18.5 Å². The molecule has 1 saturated heterocycles. The number of hydrogen-bond acceptors (Lipinski definition) is 7.